The van der Waals surface area contributed by atoms with Crippen LogP contribution in [0.2, 0.25) is 0 Å². The summed E-state index contributed by atoms with van der Waals surface area (Å²) < 4.78 is 10.4. The Morgan fingerprint density at radius 2 is 2.00 bits per heavy atom. The molecule has 1 atom stereocenters. The van der Waals surface area contributed by atoms with Gasteiger partial charge in [-0.3, -0.25) is 0 Å². The zero-order chi connectivity index (χ0) is 10.6. The Bertz CT molecular complexity index is 259. The zero-order valence-electron chi connectivity index (χ0n) is 9.26. The lowest BCUT2D eigenvalue weighted by atomic mass is 10.2. The van der Waals surface area contributed by atoms with E-state index in [2.05, 4.69) is 17.2 Å². The average Bonchev–Trinajstić information content (AvgIpc) is 2.26. The normalized spacial score (nSPS) is 21.4. The predicted molar refractivity (Wildman–Crippen MR) is 56.0 cm³/mol. The molecule has 0 aliphatic carbocycles. The van der Waals surface area contributed by atoms with Crippen LogP contribution in [0, 0.1) is 0 Å². The second-order valence-electron chi connectivity index (χ2n) is 3.09. The number of aliphatic imine (C=N–C) groups is 1. The number of hydrogen-bond acceptors (Lipinski definition) is 4. The van der Waals surface area contributed by atoms with Gasteiger partial charge >= 0.3 is 0 Å². The third-order valence-electron chi connectivity index (χ3n) is 2.27. The summed E-state index contributed by atoms with van der Waals surface area (Å²) in [5.74, 6) is 1.50. The van der Waals surface area contributed by atoms with Crippen molar-refractivity contribution in [2.45, 2.75) is 32.7 Å². The minimum absolute atomic E-state index is 0.130. The molecule has 0 aromatic rings. The standard InChI is InChI=1S/C10H18N2O2/c1-5-7-9(13-3)12-8(6-2)10(11-7)14-4/h7,11H,5-6H2,1-4H3/t7-/m0/s1. The van der Waals surface area contributed by atoms with E-state index in [1.54, 1.807) is 14.2 Å². The molecule has 0 saturated heterocycles. The fraction of sp³-hybridized carbons (Fsp3) is 0.700. The van der Waals surface area contributed by atoms with Crippen molar-refractivity contribution >= 4 is 5.90 Å². The van der Waals surface area contributed by atoms with Crippen LogP contribution in [0.15, 0.2) is 16.6 Å². The minimum atomic E-state index is 0.130. The third-order valence-corrected chi connectivity index (χ3v) is 2.27. The number of nitrogens with one attached hydrogen (secondary N) is 1. The zero-order valence-corrected chi connectivity index (χ0v) is 9.26. The molecule has 0 amide bonds. The molecule has 14 heavy (non-hydrogen) atoms. The highest BCUT2D eigenvalue weighted by Crippen LogP contribution is 2.17. The van der Waals surface area contributed by atoms with E-state index < -0.39 is 0 Å². The van der Waals surface area contributed by atoms with Crippen molar-refractivity contribution in [3.8, 4) is 0 Å². The first-order valence-electron chi connectivity index (χ1n) is 4.93. The Labute approximate surface area is 85.0 Å². The maximum absolute atomic E-state index is 5.23. The monoisotopic (exact) mass is 198 g/mol. The summed E-state index contributed by atoms with van der Waals surface area (Å²) in [6.07, 6.45) is 1.76. The lowest BCUT2D eigenvalue weighted by molar-refractivity contribution is 0.237. The van der Waals surface area contributed by atoms with E-state index in [-0.39, 0.29) is 6.04 Å². The van der Waals surface area contributed by atoms with Gasteiger partial charge in [0.05, 0.1) is 14.2 Å². The van der Waals surface area contributed by atoms with E-state index in [1.165, 1.54) is 0 Å². The lowest BCUT2D eigenvalue weighted by Gasteiger charge is -2.25. The van der Waals surface area contributed by atoms with Crippen molar-refractivity contribution in [1.82, 2.24) is 5.32 Å². The molecular formula is C10H18N2O2. The highest BCUT2D eigenvalue weighted by Gasteiger charge is 2.23. The van der Waals surface area contributed by atoms with Crippen LogP contribution in [0.4, 0.5) is 0 Å². The molecule has 0 aromatic heterocycles. The summed E-state index contributed by atoms with van der Waals surface area (Å²) in [5, 5.41) is 3.26. The van der Waals surface area contributed by atoms with Gasteiger partial charge in [-0.2, -0.15) is 0 Å². The van der Waals surface area contributed by atoms with Crippen molar-refractivity contribution in [3.05, 3.63) is 11.6 Å². The van der Waals surface area contributed by atoms with Gasteiger partial charge in [0.15, 0.2) is 0 Å². The van der Waals surface area contributed by atoms with Crippen LogP contribution in [0.1, 0.15) is 26.7 Å². The Balaban J connectivity index is 2.92. The molecule has 4 nitrogen and oxygen atoms in total. The van der Waals surface area contributed by atoms with E-state index in [9.17, 15) is 0 Å². The molecule has 4 heteroatoms. The molecule has 0 saturated carbocycles. The topological polar surface area (TPSA) is 42.8 Å². The highest BCUT2D eigenvalue weighted by molar-refractivity contribution is 5.83. The first-order chi connectivity index (χ1) is 6.76. The Morgan fingerprint density at radius 1 is 1.29 bits per heavy atom. The number of nitrogens with zero attached hydrogens (tertiary/aromatic N) is 1. The van der Waals surface area contributed by atoms with E-state index in [0.29, 0.717) is 0 Å². The molecule has 80 valence electrons. The van der Waals surface area contributed by atoms with Crippen molar-refractivity contribution in [1.29, 1.82) is 0 Å². The molecule has 0 radical (unpaired) electrons. The predicted octanol–water partition coefficient (Wildman–Crippen LogP) is 1.64. The second kappa shape index (κ2) is 4.88. The Kier molecular flexibility index (Phi) is 3.80. The van der Waals surface area contributed by atoms with Gasteiger partial charge in [-0.1, -0.05) is 13.8 Å². The van der Waals surface area contributed by atoms with Crippen molar-refractivity contribution in [2.24, 2.45) is 4.99 Å². The second-order valence-corrected chi connectivity index (χ2v) is 3.09. The van der Waals surface area contributed by atoms with Crippen LogP contribution in [-0.4, -0.2) is 26.2 Å². The fourth-order valence-corrected chi connectivity index (χ4v) is 1.45. The molecule has 0 fully saturated rings. The SMILES string of the molecule is CCC1=C(OC)N[C@@H](CC)C(OC)=N1. The summed E-state index contributed by atoms with van der Waals surface area (Å²) in [6.45, 7) is 4.12. The minimum Gasteiger partial charge on any atom is -0.483 e. The molecule has 1 rings (SSSR count). The van der Waals surface area contributed by atoms with Crippen LogP contribution in [0.5, 0.6) is 0 Å². The molecule has 0 spiro atoms. The van der Waals surface area contributed by atoms with Gasteiger partial charge in [-0.25, -0.2) is 4.99 Å². The van der Waals surface area contributed by atoms with Gasteiger partial charge in [0, 0.05) is 0 Å². The first-order valence-corrected chi connectivity index (χ1v) is 4.93. The summed E-state index contributed by atoms with van der Waals surface area (Å²) in [6, 6.07) is 0.130. The Morgan fingerprint density at radius 3 is 2.43 bits per heavy atom. The Hall–Kier alpha value is -1.19. The van der Waals surface area contributed by atoms with E-state index in [1.807, 2.05) is 6.92 Å². The first kappa shape index (κ1) is 10.9. The van der Waals surface area contributed by atoms with Gasteiger partial charge in [-0.05, 0) is 12.8 Å². The van der Waals surface area contributed by atoms with Crippen LogP contribution in [0.25, 0.3) is 0 Å². The number of hydrogen-bond donors (Lipinski definition) is 1. The van der Waals surface area contributed by atoms with Gasteiger partial charge in [0.2, 0.25) is 11.8 Å². The van der Waals surface area contributed by atoms with Crippen molar-refractivity contribution in [2.75, 3.05) is 14.2 Å². The highest BCUT2D eigenvalue weighted by atomic mass is 16.5. The van der Waals surface area contributed by atoms with Crippen LogP contribution < -0.4 is 5.32 Å². The maximum atomic E-state index is 5.23. The molecule has 1 heterocycles. The molecule has 0 aromatic carbocycles. The smallest absolute Gasteiger partial charge is 0.211 e. The van der Waals surface area contributed by atoms with E-state index in [0.717, 1.165) is 30.3 Å². The number of methoxy groups -OCH3 is 2. The largest absolute Gasteiger partial charge is 0.483 e. The van der Waals surface area contributed by atoms with Crippen molar-refractivity contribution < 1.29 is 9.47 Å². The molecule has 1 aliphatic rings. The number of rotatable bonds is 3. The van der Waals surface area contributed by atoms with Crippen LogP contribution in [0.3, 0.4) is 0 Å². The molecule has 0 unspecified atom stereocenters. The number of ether oxygens (including phenoxy) is 2. The quantitative estimate of drug-likeness (QED) is 0.749. The molecule has 1 N–H and O–H groups in total. The van der Waals surface area contributed by atoms with Gasteiger partial charge in [0.25, 0.3) is 0 Å². The molecular weight excluding hydrogens is 180 g/mol. The van der Waals surface area contributed by atoms with Gasteiger partial charge < -0.3 is 14.8 Å². The average molecular weight is 198 g/mol. The van der Waals surface area contributed by atoms with E-state index in [4.69, 9.17) is 9.47 Å². The summed E-state index contributed by atoms with van der Waals surface area (Å²) >= 11 is 0. The summed E-state index contributed by atoms with van der Waals surface area (Å²) in [7, 11) is 3.30. The van der Waals surface area contributed by atoms with E-state index >= 15 is 0 Å². The van der Waals surface area contributed by atoms with Crippen molar-refractivity contribution in [3.63, 3.8) is 0 Å². The third kappa shape index (κ3) is 2.00. The summed E-state index contributed by atoms with van der Waals surface area (Å²) in [4.78, 5) is 4.41. The van der Waals surface area contributed by atoms with Crippen LogP contribution in [-0.2, 0) is 9.47 Å². The molecule has 0 bridgehead atoms. The lowest BCUT2D eigenvalue weighted by Crippen LogP contribution is -2.40. The maximum Gasteiger partial charge on any atom is 0.211 e. The van der Waals surface area contributed by atoms with Gasteiger partial charge in [0.1, 0.15) is 11.7 Å². The summed E-state index contributed by atoms with van der Waals surface area (Å²) in [5.41, 5.74) is 0.911. The fourth-order valence-electron chi connectivity index (χ4n) is 1.45. The van der Waals surface area contributed by atoms with Gasteiger partial charge in [-0.15, -0.1) is 0 Å². The van der Waals surface area contributed by atoms with Crippen LogP contribution >= 0.6 is 0 Å². The number of allylic oxidation sites excluding steroid dienone is 1. The molecule has 1 aliphatic heterocycles.